The lowest BCUT2D eigenvalue weighted by molar-refractivity contribution is -0.137. The average molecular weight is 571 g/mol. The second-order valence-corrected chi connectivity index (χ2v) is 10.1. The molecule has 0 saturated carbocycles. The first-order valence-corrected chi connectivity index (χ1v) is 13.8. The van der Waals surface area contributed by atoms with Crippen molar-refractivity contribution in [2.24, 2.45) is 0 Å². The largest absolute Gasteiger partial charge is 0.493 e. The van der Waals surface area contributed by atoms with Gasteiger partial charge < -0.3 is 20.3 Å². The summed E-state index contributed by atoms with van der Waals surface area (Å²) in [5.41, 5.74) is 0.373. The van der Waals surface area contributed by atoms with E-state index >= 15 is 0 Å². The highest BCUT2D eigenvalue weighted by atomic mass is 19.4. The molecule has 3 aromatic rings. The van der Waals surface area contributed by atoms with Gasteiger partial charge in [0.2, 0.25) is 0 Å². The Balaban J connectivity index is 1.27. The molecule has 2 aromatic carbocycles. The first-order chi connectivity index (χ1) is 19.7. The van der Waals surface area contributed by atoms with Crippen LogP contribution in [0.4, 0.5) is 19.0 Å². The molecule has 3 heterocycles. The standard InChI is InChI=1S/C29H33F3N6O3/c1-2-37-27-21(17-25(28(37)40)35-26(39)20-6-3-7-22(16-20)29(30,31)32)19-34-38(27)23-8-4-9-24(18-23)41-15-5-12-36-13-10-33-11-14-36/h3-4,6-9,16,18-19,25,33H,2,5,10-15,17H2,1H3,(H,35,39). The predicted molar refractivity (Wildman–Crippen MR) is 147 cm³/mol. The summed E-state index contributed by atoms with van der Waals surface area (Å²) in [6.45, 7) is 7.80. The van der Waals surface area contributed by atoms with Crippen LogP contribution in [-0.2, 0) is 17.4 Å². The maximum absolute atomic E-state index is 13.4. The fourth-order valence-corrected chi connectivity index (χ4v) is 5.21. The zero-order valence-electron chi connectivity index (χ0n) is 22.8. The highest BCUT2D eigenvalue weighted by Crippen LogP contribution is 2.32. The quantitative estimate of drug-likeness (QED) is 0.384. The number of alkyl halides is 3. The smallest absolute Gasteiger partial charge is 0.416 e. The van der Waals surface area contributed by atoms with Gasteiger partial charge in [-0.3, -0.25) is 14.5 Å². The van der Waals surface area contributed by atoms with Gasteiger partial charge in [0.15, 0.2) is 0 Å². The van der Waals surface area contributed by atoms with Crippen molar-refractivity contribution in [3.8, 4) is 11.4 Å². The molecule has 5 rings (SSSR count). The van der Waals surface area contributed by atoms with Crippen LogP contribution in [0.25, 0.3) is 5.69 Å². The molecule has 2 N–H and O–H groups in total. The third kappa shape index (κ3) is 6.54. The van der Waals surface area contributed by atoms with Crippen LogP contribution in [0.1, 0.15) is 34.8 Å². The third-order valence-corrected chi connectivity index (χ3v) is 7.29. The summed E-state index contributed by atoms with van der Waals surface area (Å²) < 4.78 is 47.0. The molecular formula is C29H33F3N6O3. The lowest BCUT2D eigenvalue weighted by Crippen LogP contribution is -2.53. The van der Waals surface area contributed by atoms with Crippen molar-refractivity contribution < 1.29 is 27.5 Å². The highest BCUT2D eigenvalue weighted by Gasteiger charge is 2.37. The third-order valence-electron chi connectivity index (χ3n) is 7.29. The summed E-state index contributed by atoms with van der Waals surface area (Å²) in [6, 6.07) is 10.7. The molecule has 41 heavy (non-hydrogen) atoms. The molecule has 1 unspecified atom stereocenters. The number of benzene rings is 2. The Morgan fingerprint density at radius 2 is 1.93 bits per heavy atom. The van der Waals surface area contributed by atoms with Gasteiger partial charge in [-0.2, -0.15) is 18.3 Å². The minimum absolute atomic E-state index is 0.164. The lowest BCUT2D eigenvalue weighted by atomic mass is 10.0. The Hall–Kier alpha value is -3.90. The van der Waals surface area contributed by atoms with Crippen LogP contribution in [0.3, 0.4) is 0 Å². The summed E-state index contributed by atoms with van der Waals surface area (Å²) >= 11 is 0. The molecule has 0 aliphatic carbocycles. The molecule has 0 bridgehead atoms. The number of nitrogens with one attached hydrogen (secondary N) is 2. The maximum atomic E-state index is 13.4. The van der Waals surface area contributed by atoms with Crippen molar-refractivity contribution in [1.29, 1.82) is 0 Å². The Labute approximate surface area is 236 Å². The van der Waals surface area contributed by atoms with E-state index in [-0.39, 0.29) is 17.9 Å². The number of rotatable bonds is 9. The Kier molecular flexibility index (Phi) is 8.60. The molecule has 9 nitrogen and oxygen atoms in total. The van der Waals surface area contributed by atoms with Gasteiger partial charge in [-0.05, 0) is 43.7 Å². The lowest BCUT2D eigenvalue weighted by Gasteiger charge is -2.32. The fraction of sp³-hybridized carbons (Fsp3) is 0.414. The molecule has 1 saturated heterocycles. The van der Waals surface area contributed by atoms with Crippen LogP contribution in [0.2, 0.25) is 0 Å². The van der Waals surface area contributed by atoms with E-state index < -0.39 is 23.7 Å². The number of hydrogen-bond donors (Lipinski definition) is 2. The van der Waals surface area contributed by atoms with Gasteiger partial charge in [0.1, 0.15) is 17.6 Å². The Morgan fingerprint density at radius 1 is 1.15 bits per heavy atom. The summed E-state index contributed by atoms with van der Waals surface area (Å²) in [7, 11) is 0. The second-order valence-electron chi connectivity index (χ2n) is 10.1. The van der Waals surface area contributed by atoms with Crippen LogP contribution in [-0.4, -0.2) is 78.4 Å². The van der Waals surface area contributed by atoms with Crippen LogP contribution in [0, 0.1) is 0 Å². The average Bonchev–Trinajstić information content (AvgIpc) is 3.39. The van der Waals surface area contributed by atoms with E-state index in [1.807, 2.05) is 31.2 Å². The number of likely N-dealkylation sites (N-methyl/N-ethyl adjacent to an activating group) is 1. The van der Waals surface area contributed by atoms with Gasteiger partial charge in [0, 0.05) is 62.9 Å². The van der Waals surface area contributed by atoms with Gasteiger partial charge in [-0.25, -0.2) is 4.68 Å². The number of carbonyl (C=O) groups excluding carboxylic acids is 2. The van der Waals surface area contributed by atoms with Crippen molar-refractivity contribution >= 4 is 17.6 Å². The van der Waals surface area contributed by atoms with Crippen LogP contribution in [0.5, 0.6) is 5.75 Å². The predicted octanol–water partition coefficient (Wildman–Crippen LogP) is 3.27. The van der Waals surface area contributed by atoms with Gasteiger partial charge >= 0.3 is 6.18 Å². The maximum Gasteiger partial charge on any atom is 0.416 e. The molecule has 2 aliphatic rings. The number of ether oxygens (including phenoxy) is 1. The SMILES string of the molecule is CCN1C(=O)C(NC(=O)c2cccc(C(F)(F)F)c2)Cc2cnn(-c3cccc(OCCCN4CCNCC4)c3)c21. The molecule has 12 heteroatoms. The minimum atomic E-state index is -4.58. The zero-order valence-corrected chi connectivity index (χ0v) is 22.8. The highest BCUT2D eigenvalue weighted by molar-refractivity contribution is 6.04. The van der Waals surface area contributed by atoms with Crippen molar-refractivity contribution in [1.82, 2.24) is 25.3 Å². The van der Waals surface area contributed by atoms with Crippen molar-refractivity contribution in [3.05, 3.63) is 71.4 Å². The van der Waals surface area contributed by atoms with Crippen molar-refractivity contribution in [2.45, 2.75) is 32.0 Å². The van der Waals surface area contributed by atoms with E-state index in [1.54, 1.807) is 10.9 Å². The number of aromatic nitrogens is 2. The van der Waals surface area contributed by atoms with Crippen molar-refractivity contribution in [2.75, 3.05) is 50.8 Å². The molecule has 1 fully saturated rings. The molecule has 218 valence electrons. The first-order valence-electron chi connectivity index (χ1n) is 13.8. The van der Waals surface area contributed by atoms with Gasteiger partial charge in [0.05, 0.1) is 24.1 Å². The number of anilines is 1. The first kappa shape index (κ1) is 28.6. The van der Waals surface area contributed by atoms with E-state index in [2.05, 4.69) is 20.6 Å². The summed E-state index contributed by atoms with van der Waals surface area (Å²) in [5, 5.41) is 10.5. The number of nitrogens with zero attached hydrogens (tertiary/aromatic N) is 4. The fourth-order valence-electron chi connectivity index (χ4n) is 5.21. The van der Waals surface area contributed by atoms with E-state index in [4.69, 9.17) is 4.74 Å². The van der Waals surface area contributed by atoms with E-state index in [1.165, 1.54) is 17.0 Å². The van der Waals surface area contributed by atoms with Gasteiger partial charge in [0.25, 0.3) is 11.8 Å². The molecule has 2 aliphatic heterocycles. The van der Waals surface area contributed by atoms with E-state index in [9.17, 15) is 22.8 Å². The summed E-state index contributed by atoms with van der Waals surface area (Å²) in [6.07, 6.45) is -1.85. The number of hydrogen-bond acceptors (Lipinski definition) is 6. The molecule has 1 atom stereocenters. The number of carbonyl (C=O) groups is 2. The summed E-state index contributed by atoms with van der Waals surface area (Å²) in [5.74, 6) is 0.187. The number of amides is 2. The topological polar surface area (TPSA) is 91.7 Å². The minimum Gasteiger partial charge on any atom is -0.493 e. The monoisotopic (exact) mass is 570 g/mol. The van der Waals surface area contributed by atoms with Crippen molar-refractivity contribution in [3.63, 3.8) is 0 Å². The number of fused-ring (bicyclic) bond motifs is 1. The van der Waals surface area contributed by atoms with Gasteiger partial charge in [-0.1, -0.05) is 12.1 Å². The van der Waals surface area contributed by atoms with Gasteiger partial charge in [-0.15, -0.1) is 0 Å². The normalized spacial score (nSPS) is 17.8. The van der Waals surface area contributed by atoms with Crippen LogP contribution in [0.15, 0.2) is 54.7 Å². The molecular weight excluding hydrogens is 537 g/mol. The molecule has 1 aromatic heterocycles. The molecule has 2 amide bonds. The van der Waals surface area contributed by atoms with E-state index in [0.717, 1.165) is 62.5 Å². The molecule has 0 radical (unpaired) electrons. The number of halogens is 3. The Bertz CT molecular complexity index is 1390. The second kappa shape index (κ2) is 12.3. The molecule has 0 spiro atoms. The van der Waals surface area contributed by atoms with E-state index in [0.29, 0.717) is 24.7 Å². The Morgan fingerprint density at radius 3 is 2.68 bits per heavy atom. The number of piperazine rings is 1. The zero-order chi connectivity index (χ0) is 29.0. The summed E-state index contributed by atoms with van der Waals surface area (Å²) in [4.78, 5) is 30.2. The van der Waals surface area contributed by atoms with Crippen LogP contribution >= 0.6 is 0 Å². The van der Waals surface area contributed by atoms with Crippen LogP contribution < -0.4 is 20.3 Å².